The van der Waals surface area contributed by atoms with Gasteiger partial charge in [-0.3, -0.25) is 0 Å². The molecule has 0 spiro atoms. The predicted molar refractivity (Wildman–Crippen MR) is 70.2 cm³/mol. The van der Waals surface area contributed by atoms with Gasteiger partial charge in [0.15, 0.2) is 0 Å². The zero-order valence-electron chi connectivity index (χ0n) is 11.1. The SMILES string of the molecule is C=C(C)CCC(NCCC)C(CC)CC. The highest BCUT2D eigenvalue weighted by molar-refractivity contribution is 4.90. The van der Waals surface area contributed by atoms with Crippen LogP contribution in [-0.2, 0) is 0 Å². The molecule has 0 aliphatic rings. The summed E-state index contributed by atoms with van der Waals surface area (Å²) >= 11 is 0. The minimum absolute atomic E-state index is 0.691. The molecule has 0 aromatic carbocycles. The second kappa shape index (κ2) is 8.96. The monoisotopic (exact) mass is 211 g/mol. The largest absolute Gasteiger partial charge is 0.314 e. The lowest BCUT2D eigenvalue weighted by Crippen LogP contribution is -2.36. The van der Waals surface area contributed by atoms with Crippen molar-refractivity contribution in [1.29, 1.82) is 0 Å². The fourth-order valence-electron chi connectivity index (χ4n) is 2.09. The van der Waals surface area contributed by atoms with E-state index in [9.17, 15) is 0 Å². The second-order valence-corrected chi connectivity index (χ2v) is 4.63. The Morgan fingerprint density at radius 1 is 1.20 bits per heavy atom. The Morgan fingerprint density at radius 2 is 1.80 bits per heavy atom. The molecule has 0 saturated heterocycles. The third-order valence-electron chi connectivity index (χ3n) is 3.16. The molecule has 0 amide bonds. The molecule has 0 saturated carbocycles. The van der Waals surface area contributed by atoms with Crippen molar-refractivity contribution in [2.75, 3.05) is 6.54 Å². The molecule has 0 aromatic rings. The molecule has 1 heteroatoms. The van der Waals surface area contributed by atoms with E-state index in [2.05, 4.69) is 39.6 Å². The lowest BCUT2D eigenvalue weighted by Gasteiger charge is -2.26. The summed E-state index contributed by atoms with van der Waals surface area (Å²) in [6.07, 6.45) is 6.21. The van der Waals surface area contributed by atoms with Crippen LogP contribution in [0.15, 0.2) is 12.2 Å². The molecule has 0 radical (unpaired) electrons. The van der Waals surface area contributed by atoms with Gasteiger partial charge in [0.1, 0.15) is 0 Å². The molecule has 1 atom stereocenters. The quantitative estimate of drug-likeness (QED) is 0.565. The molecular weight excluding hydrogens is 182 g/mol. The molecule has 15 heavy (non-hydrogen) atoms. The van der Waals surface area contributed by atoms with E-state index in [1.807, 2.05) is 0 Å². The van der Waals surface area contributed by atoms with Gasteiger partial charge in [0, 0.05) is 6.04 Å². The van der Waals surface area contributed by atoms with Gasteiger partial charge in [-0.25, -0.2) is 0 Å². The normalized spacial score (nSPS) is 13.1. The summed E-state index contributed by atoms with van der Waals surface area (Å²) < 4.78 is 0. The van der Waals surface area contributed by atoms with Gasteiger partial charge in [-0.2, -0.15) is 0 Å². The van der Waals surface area contributed by atoms with Gasteiger partial charge in [-0.05, 0) is 38.6 Å². The van der Waals surface area contributed by atoms with E-state index in [1.165, 1.54) is 31.3 Å². The average molecular weight is 211 g/mol. The van der Waals surface area contributed by atoms with Gasteiger partial charge in [-0.1, -0.05) is 39.2 Å². The molecule has 1 nitrogen and oxygen atoms in total. The third kappa shape index (κ3) is 6.72. The van der Waals surface area contributed by atoms with Crippen molar-refractivity contribution >= 4 is 0 Å². The summed E-state index contributed by atoms with van der Waals surface area (Å²) in [5, 5.41) is 3.69. The maximum atomic E-state index is 3.99. The Kier molecular flexibility index (Phi) is 8.79. The third-order valence-corrected chi connectivity index (χ3v) is 3.16. The van der Waals surface area contributed by atoms with Crippen LogP contribution in [0.4, 0.5) is 0 Å². The van der Waals surface area contributed by atoms with Crippen LogP contribution < -0.4 is 5.32 Å². The van der Waals surface area contributed by atoms with E-state index < -0.39 is 0 Å². The summed E-state index contributed by atoms with van der Waals surface area (Å²) in [6, 6.07) is 0.691. The standard InChI is InChI=1S/C14H29N/c1-6-11-15-14(10-9-12(4)5)13(7-2)8-3/h13-15H,4,6-11H2,1-3,5H3. The first-order chi connectivity index (χ1) is 7.15. The molecule has 90 valence electrons. The molecule has 0 aromatic heterocycles. The summed E-state index contributed by atoms with van der Waals surface area (Å²) in [5.74, 6) is 0.830. The van der Waals surface area contributed by atoms with E-state index >= 15 is 0 Å². The van der Waals surface area contributed by atoms with E-state index in [0.29, 0.717) is 6.04 Å². The molecule has 0 heterocycles. The molecule has 1 unspecified atom stereocenters. The molecule has 0 fully saturated rings. The van der Waals surface area contributed by atoms with Crippen molar-refractivity contribution in [1.82, 2.24) is 5.32 Å². The van der Waals surface area contributed by atoms with Crippen molar-refractivity contribution in [3.8, 4) is 0 Å². The summed E-state index contributed by atoms with van der Waals surface area (Å²) in [6.45, 7) is 14.1. The van der Waals surface area contributed by atoms with Crippen LogP contribution in [0.5, 0.6) is 0 Å². The Morgan fingerprint density at radius 3 is 2.20 bits per heavy atom. The minimum Gasteiger partial charge on any atom is -0.314 e. The van der Waals surface area contributed by atoms with Crippen molar-refractivity contribution < 1.29 is 0 Å². The van der Waals surface area contributed by atoms with E-state index in [4.69, 9.17) is 0 Å². The van der Waals surface area contributed by atoms with Gasteiger partial charge >= 0.3 is 0 Å². The lowest BCUT2D eigenvalue weighted by molar-refractivity contribution is 0.318. The number of hydrogen-bond acceptors (Lipinski definition) is 1. The molecule has 0 aliphatic heterocycles. The van der Waals surface area contributed by atoms with Crippen molar-refractivity contribution in [3.05, 3.63) is 12.2 Å². The summed E-state index contributed by atoms with van der Waals surface area (Å²) in [7, 11) is 0. The van der Waals surface area contributed by atoms with Crippen LogP contribution in [0.1, 0.15) is 59.8 Å². The molecular formula is C14H29N. The van der Waals surface area contributed by atoms with Crippen LogP contribution in [-0.4, -0.2) is 12.6 Å². The van der Waals surface area contributed by atoms with Crippen molar-refractivity contribution in [3.63, 3.8) is 0 Å². The topological polar surface area (TPSA) is 12.0 Å². The number of hydrogen-bond donors (Lipinski definition) is 1. The van der Waals surface area contributed by atoms with Crippen molar-refractivity contribution in [2.24, 2.45) is 5.92 Å². The Labute approximate surface area is 96.3 Å². The lowest BCUT2D eigenvalue weighted by atomic mass is 9.90. The minimum atomic E-state index is 0.691. The Bertz CT molecular complexity index is 159. The number of rotatable bonds is 9. The smallest absolute Gasteiger partial charge is 0.00981 e. The van der Waals surface area contributed by atoms with Crippen LogP contribution in [0.3, 0.4) is 0 Å². The highest BCUT2D eigenvalue weighted by Crippen LogP contribution is 2.18. The zero-order chi connectivity index (χ0) is 11.7. The zero-order valence-corrected chi connectivity index (χ0v) is 11.1. The van der Waals surface area contributed by atoms with Gasteiger partial charge in [0.25, 0.3) is 0 Å². The van der Waals surface area contributed by atoms with Gasteiger partial charge in [0.05, 0.1) is 0 Å². The van der Waals surface area contributed by atoms with Crippen LogP contribution in [0.2, 0.25) is 0 Å². The van der Waals surface area contributed by atoms with E-state index in [1.54, 1.807) is 0 Å². The summed E-state index contributed by atoms with van der Waals surface area (Å²) in [4.78, 5) is 0. The highest BCUT2D eigenvalue weighted by Gasteiger charge is 2.16. The molecule has 0 bridgehead atoms. The number of allylic oxidation sites excluding steroid dienone is 1. The Hall–Kier alpha value is -0.300. The summed E-state index contributed by atoms with van der Waals surface area (Å²) in [5.41, 5.74) is 1.31. The van der Waals surface area contributed by atoms with Crippen molar-refractivity contribution in [2.45, 2.75) is 65.8 Å². The fraction of sp³-hybridized carbons (Fsp3) is 0.857. The molecule has 0 aliphatic carbocycles. The maximum absolute atomic E-state index is 3.99. The predicted octanol–water partition coefficient (Wildman–Crippen LogP) is 4.15. The Balaban J connectivity index is 4.08. The molecule has 0 rings (SSSR count). The van der Waals surface area contributed by atoms with Crippen LogP contribution in [0.25, 0.3) is 0 Å². The van der Waals surface area contributed by atoms with Crippen LogP contribution >= 0.6 is 0 Å². The van der Waals surface area contributed by atoms with Gasteiger partial charge < -0.3 is 5.32 Å². The fourth-order valence-corrected chi connectivity index (χ4v) is 2.09. The van der Waals surface area contributed by atoms with Crippen LogP contribution in [0, 0.1) is 5.92 Å². The maximum Gasteiger partial charge on any atom is 0.00981 e. The highest BCUT2D eigenvalue weighted by atomic mass is 14.9. The average Bonchev–Trinajstić information content (AvgIpc) is 2.22. The molecule has 1 N–H and O–H groups in total. The first kappa shape index (κ1) is 14.7. The number of nitrogens with one attached hydrogen (secondary N) is 1. The van der Waals surface area contributed by atoms with E-state index in [0.717, 1.165) is 18.9 Å². The first-order valence-electron chi connectivity index (χ1n) is 6.53. The first-order valence-corrected chi connectivity index (χ1v) is 6.53. The second-order valence-electron chi connectivity index (χ2n) is 4.63. The van der Waals surface area contributed by atoms with E-state index in [-0.39, 0.29) is 0 Å². The van der Waals surface area contributed by atoms with Gasteiger partial charge in [0.2, 0.25) is 0 Å². The van der Waals surface area contributed by atoms with Gasteiger partial charge in [-0.15, -0.1) is 6.58 Å².